The zero-order valence-electron chi connectivity index (χ0n) is 11.6. The van der Waals surface area contributed by atoms with Gasteiger partial charge in [-0.3, -0.25) is 9.55 Å². The van der Waals surface area contributed by atoms with E-state index in [4.69, 9.17) is 12.2 Å². The lowest BCUT2D eigenvalue weighted by molar-refractivity contribution is 0.508. The summed E-state index contributed by atoms with van der Waals surface area (Å²) in [6.45, 7) is 0.729. The monoisotopic (exact) mass is 289 g/mol. The van der Waals surface area contributed by atoms with E-state index in [0.717, 1.165) is 23.0 Å². The summed E-state index contributed by atoms with van der Waals surface area (Å²) < 4.78 is 2.89. The number of pyridine rings is 1. The number of hydrogen-bond donors (Lipinski definition) is 1. The summed E-state index contributed by atoms with van der Waals surface area (Å²) in [4.78, 5) is 6.47. The van der Waals surface area contributed by atoms with Gasteiger partial charge in [-0.15, -0.1) is 5.10 Å². The predicted octanol–water partition coefficient (Wildman–Crippen LogP) is 3.09. The molecule has 2 aromatic heterocycles. The highest BCUT2D eigenvalue weighted by molar-refractivity contribution is 7.71. The molecule has 5 nitrogen and oxygen atoms in total. The van der Waals surface area contributed by atoms with Crippen LogP contribution in [0.1, 0.15) is 37.4 Å². The van der Waals surface area contributed by atoms with Crippen molar-refractivity contribution in [1.29, 1.82) is 0 Å². The molecule has 0 radical (unpaired) electrons. The average molecular weight is 289 g/mol. The van der Waals surface area contributed by atoms with Crippen LogP contribution in [-0.4, -0.2) is 26.8 Å². The highest BCUT2D eigenvalue weighted by atomic mass is 32.1. The van der Waals surface area contributed by atoms with Crippen LogP contribution in [-0.2, 0) is 6.54 Å². The number of hydrogen-bond acceptors (Lipinski definition) is 4. The van der Waals surface area contributed by atoms with Crippen molar-refractivity contribution in [3.8, 4) is 0 Å². The van der Waals surface area contributed by atoms with Crippen molar-refractivity contribution < 1.29 is 0 Å². The van der Waals surface area contributed by atoms with Gasteiger partial charge in [0.1, 0.15) is 0 Å². The van der Waals surface area contributed by atoms with Gasteiger partial charge in [0, 0.05) is 19.3 Å². The molecule has 1 fully saturated rings. The number of rotatable bonds is 4. The first kappa shape index (κ1) is 13.3. The first-order valence-corrected chi connectivity index (χ1v) is 7.44. The molecule has 0 aromatic carbocycles. The van der Waals surface area contributed by atoms with Crippen LogP contribution in [0.5, 0.6) is 0 Å². The van der Waals surface area contributed by atoms with Crippen LogP contribution in [0.25, 0.3) is 0 Å². The quantitative estimate of drug-likeness (QED) is 0.879. The normalized spacial score (nSPS) is 15.7. The molecule has 0 bridgehead atoms. The second kappa shape index (κ2) is 5.75. The van der Waals surface area contributed by atoms with E-state index < -0.39 is 0 Å². The van der Waals surface area contributed by atoms with Crippen molar-refractivity contribution in [2.24, 2.45) is 0 Å². The Balaban J connectivity index is 1.84. The lowest BCUT2D eigenvalue weighted by Gasteiger charge is -2.21. The van der Waals surface area contributed by atoms with Crippen LogP contribution in [0.4, 0.5) is 5.95 Å². The van der Waals surface area contributed by atoms with Crippen LogP contribution in [0, 0.1) is 4.77 Å². The average Bonchev–Trinajstić information content (AvgIpc) is 3.08. The van der Waals surface area contributed by atoms with Crippen molar-refractivity contribution >= 4 is 18.2 Å². The van der Waals surface area contributed by atoms with Gasteiger partial charge in [-0.2, -0.15) is 0 Å². The topological polar surface area (TPSA) is 49.7 Å². The molecule has 2 heterocycles. The van der Waals surface area contributed by atoms with Gasteiger partial charge in [-0.05, 0) is 37.2 Å². The first-order chi connectivity index (χ1) is 9.75. The third-order valence-corrected chi connectivity index (χ3v) is 4.13. The highest BCUT2D eigenvalue weighted by Crippen LogP contribution is 2.32. The minimum Gasteiger partial charge on any atom is -0.338 e. The van der Waals surface area contributed by atoms with E-state index in [-0.39, 0.29) is 0 Å². The summed E-state index contributed by atoms with van der Waals surface area (Å²) in [5.74, 6) is 0.910. The number of H-pyrrole nitrogens is 1. The van der Waals surface area contributed by atoms with Gasteiger partial charge < -0.3 is 4.90 Å². The maximum absolute atomic E-state index is 5.40. The number of aromatic nitrogens is 4. The third-order valence-electron chi connectivity index (χ3n) is 3.84. The van der Waals surface area contributed by atoms with E-state index in [1.165, 1.54) is 25.7 Å². The molecule has 0 atom stereocenters. The molecule has 20 heavy (non-hydrogen) atoms. The molecule has 1 aliphatic rings. The Bertz CT molecular complexity index is 612. The maximum Gasteiger partial charge on any atom is 0.226 e. The summed E-state index contributed by atoms with van der Waals surface area (Å²) in [5, 5.41) is 7.33. The molecule has 1 saturated carbocycles. The molecule has 0 amide bonds. The number of nitrogens with one attached hydrogen (secondary N) is 1. The van der Waals surface area contributed by atoms with Crippen molar-refractivity contribution in [1.82, 2.24) is 19.7 Å². The fraction of sp³-hybridized carbons (Fsp3) is 0.500. The van der Waals surface area contributed by atoms with Crippen LogP contribution in [0.15, 0.2) is 24.4 Å². The molecule has 0 saturated heterocycles. The maximum atomic E-state index is 5.40. The Morgan fingerprint density at radius 1 is 1.40 bits per heavy atom. The highest BCUT2D eigenvalue weighted by Gasteiger charge is 2.22. The summed E-state index contributed by atoms with van der Waals surface area (Å²) >= 11 is 5.40. The van der Waals surface area contributed by atoms with E-state index in [1.807, 2.05) is 31.4 Å². The molecule has 0 unspecified atom stereocenters. The zero-order valence-corrected chi connectivity index (χ0v) is 12.4. The van der Waals surface area contributed by atoms with Gasteiger partial charge in [0.2, 0.25) is 5.95 Å². The lowest BCUT2D eigenvalue weighted by atomic mass is 10.2. The smallest absolute Gasteiger partial charge is 0.226 e. The van der Waals surface area contributed by atoms with Crippen LogP contribution in [0.3, 0.4) is 0 Å². The molecular formula is C14H19N5S. The van der Waals surface area contributed by atoms with E-state index in [0.29, 0.717) is 6.04 Å². The molecule has 6 heteroatoms. The fourth-order valence-corrected chi connectivity index (χ4v) is 3.14. The standard InChI is InChI=1S/C14H19N5S/c1-18(10-11-6-4-5-9-15-11)13-16-17-14(20)19(13)12-7-2-3-8-12/h4-6,9,12H,2-3,7-8,10H2,1H3,(H,17,20). The largest absolute Gasteiger partial charge is 0.338 e. The minimum atomic E-state index is 0.488. The molecule has 3 rings (SSSR count). The summed E-state index contributed by atoms with van der Waals surface area (Å²) in [6, 6.07) is 6.45. The Morgan fingerprint density at radius 3 is 2.90 bits per heavy atom. The van der Waals surface area contributed by atoms with Crippen molar-refractivity contribution in [3.63, 3.8) is 0 Å². The number of nitrogens with zero attached hydrogens (tertiary/aromatic N) is 4. The van der Waals surface area contributed by atoms with E-state index >= 15 is 0 Å². The van der Waals surface area contributed by atoms with Crippen molar-refractivity contribution in [3.05, 3.63) is 34.9 Å². The fourth-order valence-electron chi connectivity index (χ4n) is 2.86. The van der Waals surface area contributed by atoms with Gasteiger partial charge in [0.15, 0.2) is 4.77 Å². The first-order valence-electron chi connectivity index (χ1n) is 7.03. The second-order valence-corrected chi connectivity index (χ2v) is 5.70. The third kappa shape index (κ3) is 2.60. The van der Waals surface area contributed by atoms with Crippen molar-refractivity contribution in [2.75, 3.05) is 11.9 Å². The molecule has 2 aromatic rings. The van der Waals surface area contributed by atoms with Crippen LogP contribution < -0.4 is 4.90 Å². The minimum absolute atomic E-state index is 0.488. The predicted molar refractivity (Wildman–Crippen MR) is 81.3 cm³/mol. The Labute approximate surface area is 123 Å². The Kier molecular flexibility index (Phi) is 3.82. The number of anilines is 1. The van der Waals surface area contributed by atoms with Gasteiger partial charge >= 0.3 is 0 Å². The summed E-state index contributed by atoms with van der Waals surface area (Å²) in [5.41, 5.74) is 1.03. The summed E-state index contributed by atoms with van der Waals surface area (Å²) in [7, 11) is 2.03. The van der Waals surface area contributed by atoms with Gasteiger partial charge in [0.25, 0.3) is 0 Å². The van der Waals surface area contributed by atoms with E-state index in [9.17, 15) is 0 Å². The lowest BCUT2D eigenvalue weighted by Crippen LogP contribution is -2.22. The summed E-state index contributed by atoms with van der Waals surface area (Å²) in [6.07, 6.45) is 6.76. The molecular weight excluding hydrogens is 270 g/mol. The SMILES string of the molecule is CN(Cc1ccccn1)c1n[nH]c(=S)n1C1CCCC1. The molecule has 0 spiro atoms. The van der Waals surface area contributed by atoms with E-state index in [2.05, 4.69) is 24.6 Å². The molecule has 0 aliphatic heterocycles. The van der Waals surface area contributed by atoms with Gasteiger partial charge in [-0.25, -0.2) is 5.10 Å². The van der Waals surface area contributed by atoms with Gasteiger partial charge in [-0.1, -0.05) is 18.9 Å². The van der Waals surface area contributed by atoms with Crippen LogP contribution >= 0.6 is 12.2 Å². The molecule has 106 valence electrons. The molecule has 1 N–H and O–H groups in total. The Hall–Kier alpha value is -1.69. The second-order valence-electron chi connectivity index (χ2n) is 5.31. The van der Waals surface area contributed by atoms with Crippen molar-refractivity contribution in [2.45, 2.75) is 38.3 Å². The molecule has 1 aliphatic carbocycles. The van der Waals surface area contributed by atoms with Crippen LogP contribution in [0.2, 0.25) is 0 Å². The number of aromatic amines is 1. The zero-order chi connectivity index (χ0) is 13.9. The van der Waals surface area contributed by atoms with E-state index in [1.54, 1.807) is 0 Å². The van der Waals surface area contributed by atoms with Gasteiger partial charge in [0.05, 0.1) is 12.2 Å². The Morgan fingerprint density at radius 2 is 2.20 bits per heavy atom.